The number of primary amides is 1. The number of pyridine rings is 1. The highest BCUT2D eigenvalue weighted by molar-refractivity contribution is 6.50. The maximum Gasteiger partial charge on any atom is 0.224 e. The van der Waals surface area contributed by atoms with E-state index in [4.69, 9.17) is 22.1 Å². The van der Waals surface area contributed by atoms with Crippen molar-refractivity contribution in [3.63, 3.8) is 0 Å². The van der Waals surface area contributed by atoms with Crippen LogP contribution in [0, 0.1) is 22.2 Å². The number of carbonyl (C=O) groups is 1. The number of hydrogen-bond donors (Lipinski definition) is 5. The number of dihydropyridines is 1. The zero-order valence-electron chi connectivity index (χ0n) is 15.9. The van der Waals surface area contributed by atoms with Crippen LogP contribution >= 0.6 is 0 Å². The number of carbonyl (C=O) groups excluding carboxylic acids is 1. The number of nitrogens with two attached hydrogens (primary N) is 2. The molecule has 0 saturated heterocycles. The summed E-state index contributed by atoms with van der Waals surface area (Å²) in [5.41, 5.74) is 12.5. The van der Waals surface area contributed by atoms with Crippen molar-refractivity contribution in [2.75, 3.05) is 11.9 Å². The standard InChI is InChI=1S/C18H22N8O2/c1-9-12(13(20)14(21)16(24-9)26-28)6-11-5-4-10(7-19)15(25-11)23-8-18(2,3)17(22)27/h4-5,21,28H,6,8,20H2,1-3H3,(H2,22,27)(H,23,25)/b21-14?,26-16+. The van der Waals surface area contributed by atoms with E-state index in [9.17, 15) is 10.1 Å². The van der Waals surface area contributed by atoms with Crippen LogP contribution in [0.4, 0.5) is 5.82 Å². The van der Waals surface area contributed by atoms with Crippen LogP contribution < -0.4 is 16.8 Å². The lowest BCUT2D eigenvalue weighted by Gasteiger charge is -2.22. The first-order chi connectivity index (χ1) is 13.1. The van der Waals surface area contributed by atoms with Crippen LogP contribution in [0.15, 0.2) is 33.6 Å². The molecule has 0 radical (unpaired) electrons. The number of amides is 1. The molecule has 0 saturated carbocycles. The number of anilines is 1. The van der Waals surface area contributed by atoms with E-state index in [-0.39, 0.29) is 30.2 Å². The summed E-state index contributed by atoms with van der Waals surface area (Å²) in [5.74, 6) is -0.296. The third kappa shape index (κ3) is 4.15. The Morgan fingerprint density at radius 3 is 2.71 bits per heavy atom. The first kappa shape index (κ1) is 20.6. The van der Waals surface area contributed by atoms with Crippen LogP contribution in [0.1, 0.15) is 32.0 Å². The van der Waals surface area contributed by atoms with Crippen molar-refractivity contribution < 1.29 is 10.0 Å². The molecular formula is C18H22N8O2. The molecule has 0 spiro atoms. The average Bonchev–Trinajstić information content (AvgIpc) is 2.66. The fourth-order valence-corrected chi connectivity index (χ4v) is 2.44. The van der Waals surface area contributed by atoms with Crippen LogP contribution in [-0.2, 0) is 11.2 Å². The molecular weight excluding hydrogens is 360 g/mol. The first-order valence-electron chi connectivity index (χ1n) is 8.40. The summed E-state index contributed by atoms with van der Waals surface area (Å²) in [6.45, 7) is 5.28. The summed E-state index contributed by atoms with van der Waals surface area (Å²) in [5, 5.41) is 32.1. The number of rotatable bonds is 6. The Morgan fingerprint density at radius 2 is 2.14 bits per heavy atom. The van der Waals surface area contributed by atoms with Crippen molar-refractivity contribution in [2.24, 2.45) is 27.0 Å². The lowest BCUT2D eigenvalue weighted by molar-refractivity contribution is -0.125. The van der Waals surface area contributed by atoms with Crippen LogP contribution in [0.5, 0.6) is 0 Å². The molecule has 1 aromatic heterocycles. The number of oxime groups is 1. The Morgan fingerprint density at radius 1 is 1.46 bits per heavy atom. The van der Waals surface area contributed by atoms with Gasteiger partial charge in [-0.3, -0.25) is 10.2 Å². The first-order valence-corrected chi connectivity index (χ1v) is 8.40. The van der Waals surface area contributed by atoms with Gasteiger partial charge in [0.2, 0.25) is 11.7 Å². The van der Waals surface area contributed by atoms with E-state index in [0.29, 0.717) is 28.4 Å². The molecule has 1 aliphatic rings. The Balaban J connectivity index is 2.32. The number of nitrogens with zero attached hydrogens (tertiary/aromatic N) is 4. The van der Waals surface area contributed by atoms with Crippen molar-refractivity contribution in [2.45, 2.75) is 27.2 Å². The highest BCUT2D eigenvalue weighted by Gasteiger charge is 2.26. The van der Waals surface area contributed by atoms with Gasteiger partial charge in [-0.15, -0.1) is 0 Å². The van der Waals surface area contributed by atoms with Gasteiger partial charge in [0.05, 0.1) is 16.7 Å². The summed E-state index contributed by atoms with van der Waals surface area (Å²) in [4.78, 5) is 20.0. The molecule has 0 aliphatic carbocycles. The van der Waals surface area contributed by atoms with E-state index in [1.165, 1.54) is 0 Å². The van der Waals surface area contributed by atoms with E-state index < -0.39 is 11.3 Å². The Kier molecular flexibility index (Phi) is 5.78. The number of nitrogens with one attached hydrogen (secondary N) is 2. The molecule has 1 amide bonds. The third-order valence-electron chi connectivity index (χ3n) is 4.42. The maximum atomic E-state index is 11.5. The SMILES string of the molecule is CC1=N/C(=N/O)C(=N)C(N)=C1Cc1ccc(C#N)c(NCC(C)(C)C(N)=O)n1. The second-order valence-electron chi connectivity index (χ2n) is 6.98. The van der Waals surface area contributed by atoms with Gasteiger partial charge in [0.25, 0.3) is 0 Å². The summed E-state index contributed by atoms with van der Waals surface area (Å²) in [6, 6.07) is 5.34. The zero-order chi connectivity index (χ0) is 21.1. The topological polar surface area (TPSA) is 187 Å². The highest BCUT2D eigenvalue weighted by Crippen LogP contribution is 2.21. The van der Waals surface area contributed by atoms with E-state index in [1.807, 2.05) is 0 Å². The molecule has 0 bridgehead atoms. The number of nitriles is 1. The highest BCUT2D eigenvalue weighted by atomic mass is 16.4. The lowest BCUT2D eigenvalue weighted by Crippen LogP contribution is -2.37. The van der Waals surface area contributed by atoms with Crippen LogP contribution in [-0.4, -0.2) is 39.9 Å². The minimum Gasteiger partial charge on any atom is -0.409 e. The predicted molar refractivity (Wildman–Crippen MR) is 105 cm³/mol. The van der Waals surface area contributed by atoms with Crippen molar-refractivity contribution in [3.05, 3.63) is 34.7 Å². The van der Waals surface area contributed by atoms with E-state index >= 15 is 0 Å². The van der Waals surface area contributed by atoms with Gasteiger partial charge in [-0.25, -0.2) is 9.98 Å². The minimum absolute atomic E-state index is 0.149. The van der Waals surface area contributed by atoms with Crippen LogP contribution in [0.2, 0.25) is 0 Å². The van der Waals surface area contributed by atoms with Gasteiger partial charge in [-0.1, -0.05) is 5.16 Å². The van der Waals surface area contributed by atoms with Crippen molar-refractivity contribution >= 4 is 29.0 Å². The Bertz CT molecular complexity index is 966. The predicted octanol–water partition coefficient (Wildman–Crippen LogP) is 0.914. The van der Waals surface area contributed by atoms with Gasteiger partial charge < -0.3 is 22.0 Å². The maximum absolute atomic E-state index is 11.5. The van der Waals surface area contributed by atoms with Gasteiger partial charge >= 0.3 is 0 Å². The molecule has 10 nitrogen and oxygen atoms in total. The molecule has 0 unspecified atom stereocenters. The molecule has 28 heavy (non-hydrogen) atoms. The second kappa shape index (κ2) is 7.87. The summed E-state index contributed by atoms with van der Waals surface area (Å²) in [7, 11) is 0. The van der Waals surface area contributed by atoms with E-state index in [2.05, 4.69) is 26.5 Å². The smallest absolute Gasteiger partial charge is 0.224 e. The van der Waals surface area contributed by atoms with Crippen LogP contribution in [0.25, 0.3) is 0 Å². The summed E-state index contributed by atoms with van der Waals surface area (Å²) >= 11 is 0. The van der Waals surface area contributed by atoms with Crippen LogP contribution in [0.3, 0.4) is 0 Å². The molecule has 0 atom stereocenters. The molecule has 0 aromatic carbocycles. The van der Waals surface area contributed by atoms with Gasteiger partial charge in [0.1, 0.15) is 17.6 Å². The molecule has 7 N–H and O–H groups in total. The van der Waals surface area contributed by atoms with Crippen molar-refractivity contribution in [3.8, 4) is 6.07 Å². The molecule has 1 aromatic rings. The Hall–Kier alpha value is -3.74. The molecule has 0 fully saturated rings. The number of hydrogen-bond acceptors (Lipinski definition) is 8. The molecule has 2 rings (SSSR count). The van der Waals surface area contributed by atoms with Gasteiger partial charge in [0.15, 0.2) is 0 Å². The minimum atomic E-state index is -0.820. The summed E-state index contributed by atoms with van der Waals surface area (Å²) < 4.78 is 0. The third-order valence-corrected chi connectivity index (χ3v) is 4.42. The number of aliphatic imine (C=N–C) groups is 1. The fraction of sp³-hybridized carbons (Fsp3) is 0.333. The number of amidine groups is 1. The number of aromatic nitrogens is 1. The summed E-state index contributed by atoms with van der Waals surface area (Å²) in [6.07, 6.45) is 0.266. The second-order valence-corrected chi connectivity index (χ2v) is 6.98. The van der Waals surface area contributed by atoms with Crippen molar-refractivity contribution in [1.29, 1.82) is 10.7 Å². The van der Waals surface area contributed by atoms with Gasteiger partial charge in [0, 0.05) is 29.9 Å². The quantitative estimate of drug-likeness (QED) is 0.359. The molecule has 1 aliphatic heterocycles. The number of allylic oxidation sites excluding steroid dienone is 1. The van der Waals surface area contributed by atoms with E-state index in [1.54, 1.807) is 32.9 Å². The molecule has 10 heteroatoms. The normalized spacial score (nSPS) is 16.0. The zero-order valence-corrected chi connectivity index (χ0v) is 15.9. The largest absolute Gasteiger partial charge is 0.409 e. The molecule has 146 valence electrons. The monoisotopic (exact) mass is 382 g/mol. The lowest BCUT2D eigenvalue weighted by atomic mass is 9.93. The Labute approximate surface area is 162 Å². The fourth-order valence-electron chi connectivity index (χ4n) is 2.44. The van der Waals surface area contributed by atoms with Crippen molar-refractivity contribution in [1.82, 2.24) is 4.98 Å². The average molecular weight is 382 g/mol. The van der Waals surface area contributed by atoms with Gasteiger partial charge in [-0.05, 0) is 32.9 Å². The van der Waals surface area contributed by atoms with Gasteiger partial charge in [-0.2, -0.15) is 5.26 Å². The van der Waals surface area contributed by atoms with E-state index in [0.717, 1.165) is 0 Å². The molecule has 2 heterocycles.